The number of nitrogens with two attached hydrogens (primary N) is 1. The van der Waals surface area contributed by atoms with Crippen molar-refractivity contribution in [3.05, 3.63) is 29.8 Å². The van der Waals surface area contributed by atoms with Gasteiger partial charge in [-0.25, -0.2) is 13.6 Å². The highest BCUT2D eigenvalue weighted by Crippen LogP contribution is 2.31. The molecule has 1 aliphatic rings. The van der Waals surface area contributed by atoms with Crippen LogP contribution in [0.25, 0.3) is 0 Å². The van der Waals surface area contributed by atoms with Crippen molar-refractivity contribution in [2.75, 3.05) is 49.9 Å². The molecular formula is C16H24F3N5O2S. The molecule has 1 aromatic carbocycles. The Hall–Kier alpha value is -2.01. The molecule has 1 saturated heterocycles. The Morgan fingerprint density at radius 1 is 1.26 bits per heavy atom. The van der Waals surface area contributed by atoms with Crippen LogP contribution in [-0.4, -0.2) is 64.3 Å². The van der Waals surface area contributed by atoms with E-state index in [-0.39, 0.29) is 12.3 Å². The van der Waals surface area contributed by atoms with Gasteiger partial charge in [0.15, 0.2) is 5.96 Å². The summed E-state index contributed by atoms with van der Waals surface area (Å²) in [6, 6.07) is 5.28. The van der Waals surface area contributed by atoms with Crippen molar-refractivity contribution in [1.29, 1.82) is 0 Å². The second-order valence-electron chi connectivity index (χ2n) is 6.12. The molecule has 2 rings (SSSR count). The molecule has 27 heavy (non-hydrogen) atoms. The standard InChI is InChI=1S/C16H24F3N5O2S/c1-2-21-15(22-6-11-27(20,25)26)24-9-7-23(8-10-24)14-5-3-4-13(12-14)16(17,18)19/h3-5,12H,2,6-11H2,1H3,(H,21,22)(H2,20,25,26). The van der Waals surface area contributed by atoms with Gasteiger partial charge in [-0.1, -0.05) is 6.07 Å². The van der Waals surface area contributed by atoms with Crippen LogP contribution < -0.4 is 15.4 Å². The number of rotatable bonds is 5. The molecule has 1 fully saturated rings. The number of alkyl halides is 3. The highest BCUT2D eigenvalue weighted by molar-refractivity contribution is 7.89. The van der Waals surface area contributed by atoms with Crippen LogP contribution in [0.5, 0.6) is 0 Å². The van der Waals surface area contributed by atoms with Gasteiger partial charge in [0, 0.05) is 38.4 Å². The van der Waals surface area contributed by atoms with Crippen molar-refractivity contribution < 1.29 is 21.6 Å². The number of sulfonamides is 1. The lowest BCUT2D eigenvalue weighted by Crippen LogP contribution is -2.52. The van der Waals surface area contributed by atoms with E-state index in [0.29, 0.717) is 44.4 Å². The molecule has 152 valence electrons. The quantitative estimate of drug-likeness (QED) is 0.563. The van der Waals surface area contributed by atoms with E-state index in [2.05, 4.69) is 10.3 Å². The predicted molar refractivity (Wildman–Crippen MR) is 99.2 cm³/mol. The lowest BCUT2D eigenvalue weighted by molar-refractivity contribution is -0.137. The molecule has 0 bridgehead atoms. The highest BCUT2D eigenvalue weighted by atomic mass is 32.2. The molecule has 1 aliphatic heterocycles. The van der Waals surface area contributed by atoms with Gasteiger partial charge in [0.1, 0.15) is 0 Å². The molecule has 7 nitrogen and oxygen atoms in total. The second kappa shape index (κ2) is 8.79. The summed E-state index contributed by atoms with van der Waals surface area (Å²) < 4.78 is 60.7. The average molecular weight is 407 g/mol. The number of nitrogens with one attached hydrogen (secondary N) is 1. The smallest absolute Gasteiger partial charge is 0.368 e. The number of aliphatic imine (C=N–C) groups is 1. The Morgan fingerprint density at radius 2 is 1.93 bits per heavy atom. The monoisotopic (exact) mass is 407 g/mol. The molecule has 1 aromatic rings. The number of halogens is 3. The fraction of sp³-hybridized carbons (Fsp3) is 0.562. The predicted octanol–water partition coefficient (Wildman–Crippen LogP) is 1.08. The molecule has 0 spiro atoms. The summed E-state index contributed by atoms with van der Waals surface area (Å²) in [4.78, 5) is 8.12. The van der Waals surface area contributed by atoms with Gasteiger partial charge < -0.3 is 15.1 Å². The van der Waals surface area contributed by atoms with E-state index in [0.717, 1.165) is 12.1 Å². The maximum Gasteiger partial charge on any atom is 0.416 e. The first-order valence-electron chi connectivity index (χ1n) is 8.56. The van der Waals surface area contributed by atoms with Crippen LogP contribution in [0, 0.1) is 0 Å². The fourth-order valence-corrected chi connectivity index (χ4v) is 3.11. The normalized spacial score (nSPS) is 16.6. The minimum absolute atomic E-state index is 0.0506. The zero-order valence-corrected chi connectivity index (χ0v) is 15.9. The van der Waals surface area contributed by atoms with E-state index in [9.17, 15) is 21.6 Å². The number of primary sulfonamides is 1. The molecule has 0 atom stereocenters. The first kappa shape index (κ1) is 21.3. The SMILES string of the molecule is CCNC(=NCCS(N)(=O)=O)N1CCN(c2cccc(C(F)(F)F)c2)CC1. The summed E-state index contributed by atoms with van der Waals surface area (Å²) >= 11 is 0. The molecule has 0 amide bonds. The third-order valence-corrected chi connectivity index (χ3v) is 4.84. The Morgan fingerprint density at radius 3 is 2.48 bits per heavy atom. The molecule has 0 saturated carbocycles. The van der Waals surface area contributed by atoms with E-state index in [4.69, 9.17) is 5.14 Å². The molecule has 1 heterocycles. The summed E-state index contributed by atoms with van der Waals surface area (Å²) in [5.41, 5.74) is -0.138. The van der Waals surface area contributed by atoms with Crippen LogP contribution in [0.1, 0.15) is 12.5 Å². The lowest BCUT2D eigenvalue weighted by atomic mass is 10.1. The van der Waals surface area contributed by atoms with E-state index >= 15 is 0 Å². The summed E-state index contributed by atoms with van der Waals surface area (Å²) in [6.07, 6.45) is -4.37. The van der Waals surface area contributed by atoms with Crippen molar-refractivity contribution >= 4 is 21.7 Å². The second-order valence-corrected chi connectivity index (χ2v) is 7.86. The third-order valence-electron chi connectivity index (χ3n) is 4.09. The minimum Gasteiger partial charge on any atom is -0.368 e. The van der Waals surface area contributed by atoms with Gasteiger partial charge in [-0.05, 0) is 25.1 Å². The molecule has 0 aromatic heterocycles. The van der Waals surface area contributed by atoms with Crippen molar-refractivity contribution in [3.63, 3.8) is 0 Å². The van der Waals surface area contributed by atoms with Gasteiger partial charge in [0.25, 0.3) is 0 Å². The zero-order chi connectivity index (χ0) is 20.1. The maximum absolute atomic E-state index is 12.9. The third kappa shape index (κ3) is 6.58. The number of guanidine groups is 1. The van der Waals surface area contributed by atoms with Crippen LogP contribution in [0.3, 0.4) is 0 Å². The van der Waals surface area contributed by atoms with Crippen LogP contribution in [0.4, 0.5) is 18.9 Å². The first-order valence-corrected chi connectivity index (χ1v) is 10.3. The lowest BCUT2D eigenvalue weighted by Gasteiger charge is -2.38. The van der Waals surface area contributed by atoms with E-state index in [1.165, 1.54) is 6.07 Å². The Balaban J connectivity index is 2.01. The van der Waals surface area contributed by atoms with Gasteiger partial charge in [-0.15, -0.1) is 0 Å². The van der Waals surface area contributed by atoms with Gasteiger partial charge in [-0.2, -0.15) is 13.2 Å². The minimum atomic E-state index is -4.37. The van der Waals surface area contributed by atoms with Gasteiger partial charge in [-0.3, -0.25) is 4.99 Å². The number of nitrogens with zero attached hydrogens (tertiary/aromatic N) is 3. The maximum atomic E-state index is 12.9. The Bertz CT molecular complexity index is 760. The van der Waals surface area contributed by atoms with Gasteiger partial charge in [0.05, 0.1) is 17.9 Å². The van der Waals surface area contributed by atoms with Crippen LogP contribution in [0.2, 0.25) is 0 Å². The Labute approximate surface area is 157 Å². The molecular weight excluding hydrogens is 383 g/mol. The van der Waals surface area contributed by atoms with Crippen molar-refractivity contribution in [3.8, 4) is 0 Å². The van der Waals surface area contributed by atoms with Crippen LogP contribution >= 0.6 is 0 Å². The van der Waals surface area contributed by atoms with Crippen LogP contribution in [0.15, 0.2) is 29.3 Å². The summed E-state index contributed by atoms with van der Waals surface area (Å²) in [7, 11) is -3.58. The fourth-order valence-electron chi connectivity index (χ4n) is 2.76. The number of hydrogen-bond acceptors (Lipinski definition) is 4. The topological polar surface area (TPSA) is 91.0 Å². The molecule has 0 aliphatic carbocycles. The number of piperazine rings is 1. The number of hydrogen-bond donors (Lipinski definition) is 2. The van der Waals surface area contributed by atoms with E-state index in [1.807, 2.05) is 16.7 Å². The molecule has 0 radical (unpaired) electrons. The first-order chi connectivity index (χ1) is 12.6. The van der Waals surface area contributed by atoms with Gasteiger partial charge in [0.2, 0.25) is 10.0 Å². The van der Waals surface area contributed by atoms with Crippen LogP contribution in [-0.2, 0) is 16.2 Å². The summed E-state index contributed by atoms with van der Waals surface area (Å²) in [5, 5.41) is 8.08. The summed E-state index contributed by atoms with van der Waals surface area (Å²) in [6.45, 7) is 4.72. The number of benzene rings is 1. The number of anilines is 1. The van der Waals surface area contributed by atoms with E-state index in [1.54, 1.807) is 6.07 Å². The average Bonchev–Trinajstić information content (AvgIpc) is 2.60. The highest BCUT2D eigenvalue weighted by Gasteiger charge is 2.31. The van der Waals surface area contributed by atoms with Crippen molar-refractivity contribution in [2.45, 2.75) is 13.1 Å². The molecule has 3 N–H and O–H groups in total. The van der Waals surface area contributed by atoms with Crippen molar-refractivity contribution in [2.24, 2.45) is 10.1 Å². The van der Waals surface area contributed by atoms with E-state index < -0.39 is 21.8 Å². The largest absolute Gasteiger partial charge is 0.416 e. The Kier molecular flexibility index (Phi) is 6.93. The van der Waals surface area contributed by atoms with Gasteiger partial charge >= 0.3 is 6.18 Å². The zero-order valence-electron chi connectivity index (χ0n) is 15.0. The van der Waals surface area contributed by atoms with Crippen molar-refractivity contribution in [1.82, 2.24) is 10.2 Å². The molecule has 11 heteroatoms. The molecule has 0 unspecified atom stereocenters. The summed E-state index contributed by atoms with van der Waals surface area (Å²) in [5.74, 6) is 0.330.